The molecule has 0 saturated carbocycles. The third-order valence-electron chi connectivity index (χ3n) is 4.41. The molecule has 0 spiro atoms. The summed E-state index contributed by atoms with van der Waals surface area (Å²) in [7, 11) is 0. The fourth-order valence-corrected chi connectivity index (χ4v) is 3.19. The van der Waals surface area contributed by atoms with Crippen LogP contribution in [-0.4, -0.2) is 45.5 Å². The maximum Gasteiger partial charge on any atom is 0.148 e. The fourth-order valence-electron chi connectivity index (χ4n) is 3.19. The normalized spacial score (nSPS) is 18.0. The molecule has 0 aromatic carbocycles. The standard InChI is InChI=1S/C17H18N6O/c1-12-11-24-9-8-22(12)16-10-13(2-5-18)14-4-7-23(17(14)20-16)15-3-6-19-21-15/h3-4,6-7,10,12H,2,8-9,11H2,1H3,(H,19,21)/t12-/m1/s1. The molecule has 122 valence electrons. The topological polar surface area (TPSA) is 82.8 Å². The lowest BCUT2D eigenvalue weighted by molar-refractivity contribution is 0.0985. The Labute approximate surface area is 139 Å². The fraction of sp³-hybridized carbons (Fsp3) is 0.353. The van der Waals surface area contributed by atoms with Crippen LogP contribution in [0.1, 0.15) is 12.5 Å². The summed E-state index contributed by atoms with van der Waals surface area (Å²) in [6.45, 7) is 4.31. The number of ether oxygens (including phenoxy) is 1. The van der Waals surface area contributed by atoms with Crippen molar-refractivity contribution in [3.63, 3.8) is 0 Å². The van der Waals surface area contributed by atoms with Crippen LogP contribution < -0.4 is 4.90 Å². The van der Waals surface area contributed by atoms with Crippen molar-refractivity contribution in [2.45, 2.75) is 19.4 Å². The number of anilines is 1. The van der Waals surface area contributed by atoms with Crippen molar-refractivity contribution in [2.75, 3.05) is 24.7 Å². The van der Waals surface area contributed by atoms with Gasteiger partial charge in [0.2, 0.25) is 0 Å². The van der Waals surface area contributed by atoms with Crippen LogP contribution in [0.2, 0.25) is 0 Å². The zero-order valence-electron chi connectivity index (χ0n) is 13.4. The first-order valence-corrected chi connectivity index (χ1v) is 8.00. The van der Waals surface area contributed by atoms with Crippen molar-refractivity contribution in [1.29, 1.82) is 5.26 Å². The lowest BCUT2D eigenvalue weighted by Gasteiger charge is -2.34. The monoisotopic (exact) mass is 322 g/mol. The Balaban J connectivity index is 1.88. The van der Waals surface area contributed by atoms with E-state index in [1.165, 1.54) is 0 Å². The molecule has 24 heavy (non-hydrogen) atoms. The van der Waals surface area contributed by atoms with Crippen LogP contribution in [0.4, 0.5) is 5.82 Å². The molecule has 0 bridgehead atoms. The lowest BCUT2D eigenvalue weighted by Crippen LogP contribution is -2.44. The summed E-state index contributed by atoms with van der Waals surface area (Å²) in [4.78, 5) is 7.13. The van der Waals surface area contributed by atoms with Crippen LogP contribution in [0.15, 0.2) is 30.6 Å². The number of pyridine rings is 1. The number of H-pyrrole nitrogens is 1. The summed E-state index contributed by atoms with van der Waals surface area (Å²) in [5.74, 6) is 1.75. The lowest BCUT2D eigenvalue weighted by atomic mass is 10.1. The summed E-state index contributed by atoms with van der Waals surface area (Å²) in [5.41, 5.74) is 1.83. The van der Waals surface area contributed by atoms with E-state index in [9.17, 15) is 5.26 Å². The van der Waals surface area contributed by atoms with E-state index >= 15 is 0 Å². The van der Waals surface area contributed by atoms with E-state index in [0.29, 0.717) is 19.6 Å². The highest BCUT2D eigenvalue weighted by Gasteiger charge is 2.22. The average Bonchev–Trinajstić information content (AvgIpc) is 3.24. The Morgan fingerprint density at radius 3 is 3.12 bits per heavy atom. The Morgan fingerprint density at radius 1 is 1.46 bits per heavy atom. The summed E-state index contributed by atoms with van der Waals surface area (Å²) < 4.78 is 7.50. The zero-order chi connectivity index (χ0) is 16.5. The van der Waals surface area contributed by atoms with E-state index in [0.717, 1.165) is 34.8 Å². The number of nitrogens with one attached hydrogen (secondary N) is 1. The summed E-state index contributed by atoms with van der Waals surface area (Å²) in [6, 6.07) is 8.45. The van der Waals surface area contributed by atoms with Crippen LogP contribution in [-0.2, 0) is 11.2 Å². The molecule has 1 aliphatic heterocycles. The smallest absolute Gasteiger partial charge is 0.148 e. The number of nitrogens with zero attached hydrogens (tertiary/aromatic N) is 5. The predicted molar refractivity (Wildman–Crippen MR) is 90.2 cm³/mol. The average molecular weight is 322 g/mol. The minimum absolute atomic E-state index is 0.259. The Morgan fingerprint density at radius 2 is 2.38 bits per heavy atom. The van der Waals surface area contributed by atoms with E-state index in [4.69, 9.17) is 9.72 Å². The molecule has 7 nitrogen and oxygen atoms in total. The molecule has 1 fully saturated rings. The second-order valence-corrected chi connectivity index (χ2v) is 5.96. The summed E-state index contributed by atoms with van der Waals surface area (Å²) >= 11 is 0. The number of hydrogen-bond acceptors (Lipinski definition) is 5. The first-order chi connectivity index (χ1) is 11.8. The first kappa shape index (κ1) is 14.7. The summed E-state index contributed by atoms with van der Waals surface area (Å²) in [6.07, 6.45) is 4.03. The molecular weight excluding hydrogens is 304 g/mol. The summed E-state index contributed by atoms with van der Waals surface area (Å²) in [5, 5.41) is 17.2. The van der Waals surface area contributed by atoms with Crippen molar-refractivity contribution >= 4 is 16.9 Å². The van der Waals surface area contributed by atoms with Gasteiger partial charge < -0.3 is 9.64 Å². The SMILES string of the molecule is C[C@@H]1COCCN1c1cc(CC#N)c2ccn(-c3ccn[nH]3)c2n1. The quantitative estimate of drug-likeness (QED) is 0.798. The van der Waals surface area contributed by atoms with Gasteiger partial charge in [0.1, 0.15) is 17.3 Å². The number of morpholine rings is 1. The van der Waals surface area contributed by atoms with Gasteiger partial charge in [0, 0.05) is 24.2 Å². The van der Waals surface area contributed by atoms with Gasteiger partial charge >= 0.3 is 0 Å². The highest BCUT2D eigenvalue weighted by atomic mass is 16.5. The van der Waals surface area contributed by atoms with Crippen molar-refractivity contribution in [1.82, 2.24) is 19.7 Å². The molecule has 7 heteroatoms. The van der Waals surface area contributed by atoms with Crippen LogP contribution in [0.25, 0.3) is 16.9 Å². The first-order valence-electron chi connectivity index (χ1n) is 8.00. The minimum Gasteiger partial charge on any atom is -0.377 e. The van der Waals surface area contributed by atoms with Crippen molar-refractivity contribution in [3.05, 3.63) is 36.2 Å². The van der Waals surface area contributed by atoms with E-state index < -0.39 is 0 Å². The molecule has 0 aliphatic carbocycles. The Kier molecular flexibility index (Phi) is 3.67. The molecular formula is C17H18N6O. The number of aromatic nitrogens is 4. The molecule has 1 atom stereocenters. The van der Waals surface area contributed by atoms with Gasteiger partial charge in [-0.1, -0.05) is 0 Å². The van der Waals surface area contributed by atoms with Gasteiger partial charge in [0.05, 0.1) is 37.9 Å². The van der Waals surface area contributed by atoms with E-state index in [-0.39, 0.29) is 6.04 Å². The van der Waals surface area contributed by atoms with Gasteiger partial charge in [-0.3, -0.25) is 9.67 Å². The Bertz CT molecular complexity index is 892. The van der Waals surface area contributed by atoms with Crippen LogP contribution in [0.5, 0.6) is 0 Å². The molecule has 0 radical (unpaired) electrons. The molecule has 1 aliphatic rings. The largest absolute Gasteiger partial charge is 0.377 e. The molecule has 1 saturated heterocycles. The van der Waals surface area contributed by atoms with Crippen LogP contribution >= 0.6 is 0 Å². The Hall–Kier alpha value is -2.85. The molecule has 0 amide bonds. The highest BCUT2D eigenvalue weighted by molar-refractivity contribution is 5.84. The number of rotatable bonds is 3. The molecule has 1 N–H and O–H groups in total. The molecule has 0 unspecified atom stereocenters. The maximum atomic E-state index is 9.20. The van der Waals surface area contributed by atoms with E-state index in [2.05, 4.69) is 28.1 Å². The van der Waals surface area contributed by atoms with Crippen LogP contribution in [0, 0.1) is 11.3 Å². The second kappa shape index (κ2) is 5.98. The van der Waals surface area contributed by atoms with Crippen molar-refractivity contribution in [2.24, 2.45) is 0 Å². The molecule has 3 aromatic rings. The van der Waals surface area contributed by atoms with Gasteiger partial charge in [-0.15, -0.1) is 0 Å². The van der Waals surface area contributed by atoms with Gasteiger partial charge in [-0.25, -0.2) is 4.98 Å². The van der Waals surface area contributed by atoms with Gasteiger partial charge in [0.15, 0.2) is 0 Å². The van der Waals surface area contributed by atoms with Crippen LogP contribution in [0.3, 0.4) is 0 Å². The third kappa shape index (κ3) is 2.41. The van der Waals surface area contributed by atoms with Gasteiger partial charge in [0.25, 0.3) is 0 Å². The van der Waals surface area contributed by atoms with Crippen molar-refractivity contribution < 1.29 is 4.74 Å². The number of nitriles is 1. The number of fused-ring (bicyclic) bond motifs is 1. The zero-order valence-corrected chi connectivity index (χ0v) is 13.4. The number of aromatic amines is 1. The van der Waals surface area contributed by atoms with Gasteiger partial charge in [-0.2, -0.15) is 10.4 Å². The predicted octanol–water partition coefficient (Wildman–Crippen LogP) is 2.04. The minimum atomic E-state index is 0.259. The molecule has 4 heterocycles. The molecule has 3 aromatic heterocycles. The molecule has 4 rings (SSSR count). The number of hydrogen-bond donors (Lipinski definition) is 1. The van der Waals surface area contributed by atoms with E-state index in [1.54, 1.807) is 6.20 Å². The maximum absolute atomic E-state index is 9.20. The highest BCUT2D eigenvalue weighted by Crippen LogP contribution is 2.27. The third-order valence-corrected chi connectivity index (χ3v) is 4.41. The van der Waals surface area contributed by atoms with Gasteiger partial charge in [-0.05, 0) is 24.6 Å². The van der Waals surface area contributed by atoms with E-state index in [1.807, 2.05) is 29.0 Å². The second-order valence-electron chi connectivity index (χ2n) is 5.96. The van der Waals surface area contributed by atoms with Crippen molar-refractivity contribution in [3.8, 4) is 11.9 Å².